The van der Waals surface area contributed by atoms with Crippen LogP contribution in [0.25, 0.3) is 0 Å². The Bertz CT molecular complexity index is 526. The molecule has 106 valence electrons. The van der Waals surface area contributed by atoms with Crippen molar-refractivity contribution in [2.75, 3.05) is 26.4 Å². The van der Waals surface area contributed by atoms with Gasteiger partial charge in [-0.25, -0.2) is 0 Å². The van der Waals surface area contributed by atoms with Crippen molar-refractivity contribution in [3.8, 4) is 5.75 Å². The van der Waals surface area contributed by atoms with Gasteiger partial charge in [-0.15, -0.1) is 0 Å². The predicted molar refractivity (Wildman–Crippen MR) is 83.8 cm³/mol. The van der Waals surface area contributed by atoms with Crippen LogP contribution in [0.1, 0.15) is 18.1 Å². The summed E-state index contributed by atoms with van der Waals surface area (Å²) in [6.45, 7) is 0.965. The van der Waals surface area contributed by atoms with E-state index in [2.05, 4.69) is 31.1 Å². The first-order valence-electron chi connectivity index (χ1n) is 6.87. The Kier molecular flexibility index (Phi) is 5.02. The van der Waals surface area contributed by atoms with Crippen LogP contribution in [0.15, 0.2) is 54.6 Å². The maximum absolute atomic E-state index is 6.13. The van der Waals surface area contributed by atoms with E-state index in [-0.39, 0.29) is 6.10 Å². The summed E-state index contributed by atoms with van der Waals surface area (Å²) in [6.07, 6.45) is 0.939. The summed E-state index contributed by atoms with van der Waals surface area (Å²) < 4.78 is 6.13. The van der Waals surface area contributed by atoms with Crippen LogP contribution in [0, 0.1) is 0 Å². The molecule has 2 N–H and O–H groups in total. The molecular weight excluding hydrogens is 248 g/mol. The smallest absolute Gasteiger partial charge is 0.143 e. The van der Waals surface area contributed by atoms with Crippen LogP contribution >= 0.6 is 0 Å². The van der Waals surface area contributed by atoms with E-state index in [1.54, 1.807) is 0 Å². The number of nitrogens with two attached hydrogens (primary N) is 1. The number of benzene rings is 2. The average Bonchev–Trinajstić information content (AvgIpc) is 2.46. The van der Waals surface area contributed by atoms with Crippen molar-refractivity contribution >= 4 is 5.69 Å². The van der Waals surface area contributed by atoms with Crippen LogP contribution in [0.4, 0.5) is 5.69 Å². The monoisotopic (exact) mass is 270 g/mol. The SMILES string of the molecule is CN(C)CCC(Oc1ccccc1N)c1ccccc1. The first kappa shape index (κ1) is 14.4. The van der Waals surface area contributed by atoms with Crippen molar-refractivity contribution < 1.29 is 4.74 Å². The van der Waals surface area contributed by atoms with E-state index in [4.69, 9.17) is 10.5 Å². The number of para-hydroxylation sites is 2. The van der Waals surface area contributed by atoms with E-state index in [9.17, 15) is 0 Å². The molecule has 1 unspecified atom stereocenters. The van der Waals surface area contributed by atoms with Gasteiger partial charge in [0.05, 0.1) is 5.69 Å². The standard InChI is InChI=1S/C17H22N2O/c1-19(2)13-12-16(14-8-4-3-5-9-14)20-17-11-7-6-10-15(17)18/h3-11,16H,12-13,18H2,1-2H3. The Morgan fingerprint density at radius 3 is 2.30 bits per heavy atom. The highest BCUT2D eigenvalue weighted by atomic mass is 16.5. The van der Waals surface area contributed by atoms with Gasteiger partial charge in [-0.3, -0.25) is 0 Å². The molecule has 0 fully saturated rings. The second kappa shape index (κ2) is 6.96. The third kappa shape index (κ3) is 4.00. The molecular formula is C17H22N2O. The summed E-state index contributed by atoms with van der Waals surface area (Å²) in [4.78, 5) is 2.16. The second-order valence-corrected chi connectivity index (χ2v) is 5.15. The minimum Gasteiger partial charge on any atom is -0.484 e. The van der Waals surface area contributed by atoms with Crippen molar-refractivity contribution in [2.45, 2.75) is 12.5 Å². The van der Waals surface area contributed by atoms with Crippen molar-refractivity contribution in [3.05, 3.63) is 60.2 Å². The van der Waals surface area contributed by atoms with Gasteiger partial charge in [0.1, 0.15) is 11.9 Å². The number of hydrogen-bond acceptors (Lipinski definition) is 3. The number of rotatable bonds is 6. The Balaban J connectivity index is 2.16. The average molecular weight is 270 g/mol. The first-order chi connectivity index (χ1) is 9.66. The topological polar surface area (TPSA) is 38.5 Å². The summed E-state index contributed by atoms with van der Waals surface area (Å²) in [5, 5.41) is 0. The molecule has 0 spiro atoms. The summed E-state index contributed by atoms with van der Waals surface area (Å²) in [5.41, 5.74) is 7.82. The quantitative estimate of drug-likeness (QED) is 0.818. The summed E-state index contributed by atoms with van der Waals surface area (Å²) in [5.74, 6) is 0.750. The first-order valence-corrected chi connectivity index (χ1v) is 6.87. The zero-order chi connectivity index (χ0) is 14.4. The van der Waals surface area contributed by atoms with Gasteiger partial charge in [-0.1, -0.05) is 42.5 Å². The molecule has 0 aromatic heterocycles. The molecule has 0 saturated carbocycles. The van der Waals surface area contributed by atoms with E-state index in [0.29, 0.717) is 5.69 Å². The molecule has 0 saturated heterocycles. The largest absolute Gasteiger partial charge is 0.484 e. The molecule has 3 heteroatoms. The summed E-state index contributed by atoms with van der Waals surface area (Å²) in [6, 6.07) is 17.9. The van der Waals surface area contributed by atoms with Crippen molar-refractivity contribution in [1.82, 2.24) is 4.90 Å². The van der Waals surface area contributed by atoms with Gasteiger partial charge in [-0.2, -0.15) is 0 Å². The fourth-order valence-electron chi connectivity index (χ4n) is 2.08. The molecule has 0 radical (unpaired) electrons. The van der Waals surface area contributed by atoms with Crippen LogP contribution in [0.2, 0.25) is 0 Å². The van der Waals surface area contributed by atoms with Gasteiger partial charge in [0.2, 0.25) is 0 Å². The Morgan fingerprint density at radius 1 is 1.00 bits per heavy atom. The van der Waals surface area contributed by atoms with Gasteiger partial charge in [-0.05, 0) is 31.8 Å². The van der Waals surface area contributed by atoms with Gasteiger partial charge in [0, 0.05) is 13.0 Å². The second-order valence-electron chi connectivity index (χ2n) is 5.15. The minimum absolute atomic E-state index is 0.0169. The lowest BCUT2D eigenvalue weighted by Gasteiger charge is -2.22. The molecule has 0 amide bonds. The third-order valence-corrected chi connectivity index (χ3v) is 3.20. The van der Waals surface area contributed by atoms with Crippen LogP contribution in [-0.2, 0) is 0 Å². The van der Waals surface area contributed by atoms with Crippen LogP contribution < -0.4 is 10.5 Å². The zero-order valence-corrected chi connectivity index (χ0v) is 12.1. The number of nitrogens with zero attached hydrogens (tertiary/aromatic N) is 1. The maximum atomic E-state index is 6.13. The molecule has 2 aromatic rings. The fourth-order valence-corrected chi connectivity index (χ4v) is 2.08. The highest BCUT2D eigenvalue weighted by Gasteiger charge is 2.14. The maximum Gasteiger partial charge on any atom is 0.143 e. The van der Waals surface area contributed by atoms with Crippen LogP contribution in [0.3, 0.4) is 0 Å². The highest BCUT2D eigenvalue weighted by molar-refractivity contribution is 5.52. The van der Waals surface area contributed by atoms with E-state index >= 15 is 0 Å². The summed E-state index contributed by atoms with van der Waals surface area (Å²) >= 11 is 0. The lowest BCUT2D eigenvalue weighted by molar-refractivity contribution is 0.180. The fraction of sp³-hybridized carbons (Fsp3) is 0.294. The minimum atomic E-state index is 0.0169. The van der Waals surface area contributed by atoms with Crippen molar-refractivity contribution in [1.29, 1.82) is 0 Å². The molecule has 0 aliphatic heterocycles. The zero-order valence-electron chi connectivity index (χ0n) is 12.1. The van der Waals surface area contributed by atoms with E-state index in [0.717, 1.165) is 18.7 Å². The molecule has 0 aliphatic carbocycles. The van der Waals surface area contributed by atoms with E-state index in [1.807, 2.05) is 42.5 Å². The highest BCUT2D eigenvalue weighted by Crippen LogP contribution is 2.28. The van der Waals surface area contributed by atoms with Crippen LogP contribution in [-0.4, -0.2) is 25.5 Å². The Morgan fingerprint density at radius 2 is 1.65 bits per heavy atom. The number of nitrogen functional groups attached to an aromatic ring is 1. The molecule has 0 bridgehead atoms. The van der Waals surface area contributed by atoms with Gasteiger partial charge < -0.3 is 15.4 Å². The third-order valence-electron chi connectivity index (χ3n) is 3.20. The number of anilines is 1. The molecule has 20 heavy (non-hydrogen) atoms. The molecule has 3 nitrogen and oxygen atoms in total. The van der Waals surface area contributed by atoms with E-state index in [1.165, 1.54) is 5.56 Å². The molecule has 0 heterocycles. The van der Waals surface area contributed by atoms with Gasteiger partial charge >= 0.3 is 0 Å². The molecule has 1 atom stereocenters. The molecule has 2 rings (SSSR count). The number of hydrogen-bond donors (Lipinski definition) is 1. The lowest BCUT2D eigenvalue weighted by atomic mass is 10.1. The lowest BCUT2D eigenvalue weighted by Crippen LogP contribution is -2.19. The van der Waals surface area contributed by atoms with E-state index < -0.39 is 0 Å². The molecule has 2 aromatic carbocycles. The van der Waals surface area contributed by atoms with Crippen LogP contribution in [0.5, 0.6) is 5.75 Å². The Hall–Kier alpha value is -2.00. The van der Waals surface area contributed by atoms with Gasteiger partial charge in [0.15, 0.2) is 0 Å². The Labute approximate surface area is 121 Å². The number of ether oxygens (including phenoxy) is 1. The summed E-state index contributed by atoms with van der Waals surface area (Å²) in [7, 11) is 4.14. The normalized spacial score (nSPS) is 12.3. The van der Waals surface area contributed by atoms with Crippen molar-refractivity contribution in [2.24, 2.45) is 0 Å². The van der Waals surface area contributed by atoms with Crippen molar-refractivity contribution in [3.63, 3.8) is 0 Å². The van der Waals surface area contributed by atoms with Gasteiger partial charge in [0.25, 0.3) is 0 Å². The predicted octanol–water partition coefficient (Wildman–Crippen LogP) is 3.34. The molecule has 0 aliphatic rings.